The normalized spacial score (nSPS) is 22.7. The molecular weight excluding hydrogens is 280 g/mol. The molecule has 0 spiro atoms. The van der Waals surface area contributed by atoms with Crippen LogP contribution in [0, 0.1) is 19.8 Å². The van der Waals surface area contributed by atoms with E-state index in [2.05, 4.69) is 26.2 Å². The van der Waals surface area contributed by atoms with Crippen LogP contribution in [0.1, 0.15) is 61.2 Å². The maximum atomic E-state index is 5.71. The van der Waals surface area contributed by atoms with Crippen LogP contribution in [0.15, 0.2) is 0 Å². The van der Waals surface area contributed by atoms with Gasteiger partial charge in [0.05, 0.1) is 5.39 Å². The van der Waals surface area contributed by atoms with Crippen molar-refractivity contribution < 1.29 is 0 Å². The molecular formula is C16H24N4S. The van der Waals surface area contributed by atoms with Crippen LogP contribution in [-0.4, -0.2) is 9.97 Å². The molecule has 2 heterocycles. The smallest absolute Gasteiger partial charge is 0.152 e. The zero-order chi connectivity index (χ0) is 15.0. The van der Waals surface area contributed by atoms with Crippen molar-refractivity contribution in [2.24, 2.45) is 11.8 Å². The number of nitrogen functional groups attached to an aromatic ring is 1. The summed E-state index contributed by atoms with van der Waals surface area (Å²) in [5, 5.41) is 1.09. The van der Waals surface area contributed by atoms with E-state index in [0.29, 0.717) is 5.92 Å². The summed E-state index contributed by atoms with van der Waals surface area (Å²) in [6, 6.07) is 0. The van der Waals surface area contributed by atoms with Crippen LogP contribution in [0.4, 0.5) is 5.82 Å². The highest BCUT2D eigenvalue weighted by molar-refractivity contribution is 7.18. The highest BCUT2D eigenvalue weighted by Gasteiger charge is 2.25. The number of rotatable bonds is 3. The van der Waals surface area contributed by atoms with Gasteiger partial charge < -0.3 is 5.43 Å². The van der Waals surface area contributed by atoms with E-state index < -0.39 is 0 Å². The van der Waals surface area contributed by atoms with Gasteiger partial charge in [0.1, 0.15) is 10.7 Å². The molecule has 3 rings (SSSR count). The molecule has 2 aromatic rings. The Bertz CT molecular complexity index is 649. The van der Waals surface area contributed by atoms with Crippen LogP contribution in [0.5, 0.6) is 0 Å². The molecule has 4 nitrogen and oxygen atoms in total. The molecule has 2 atom stereocenters. The summed E-state index contributed by atoms with van der Waals surface area (Å²) in [6.45, 7) is 6.54. The minimum Gasteiger partial charge on any atom is -0.308 e. The third kappa shape index (κ3) is 2.64. The maximum absolute atomic E-state index is 5.71. The third-order valence-corrected chi connectivity index (χ3v) is 6.01. The van der Waals surface area contributed by atoms with E-state index in [-0.39, 0.29) is 0 Å². The molecule has 1 fully saturated rings. The molecule has 2 aromatic heterocycles. The predicted molar refractivity (Wildman–Crippen MR) is 89.7 cm³/mol. The second-order valence-electron chi connectivity index (χ2n) is 6.18. The maximum Gasteiger partial charge on any atom is 0.152 e. The van der Waals surface area contributed by atoms with Gasteiger partial charge in [-0.25, -0.2) is 15.8 Å². The fourth-order valence-corrected chi connectivity index (χ4v) is 4.49. The standard InChI is InChI=1S/C16H24N4S/c1-4-11-6-5-7-12(8-11)14-18-15(20-17)13-9(2)10(3)21-16(13)19-14/h11-12H,4-8,17H2,1-3H3,(H,18,19,20). The van der Waals surface area contributed by atoms with Crippen molar-refractivity contribution >= 4 is 27.4 Å². The van der Waals surface area contributed by atoms with Crippen molar-refractivity contribution in [1.29, 1.82) is 0 Å². The first-order valence-electron chi connectivity index (χ1n) is 7.88. The number of aromatic nitrogens is 2. The summed E-state index contributed by atoms with van der Waals surface area (Å²) in [4.78, 5) is 12.0. The minimum absolute atomic E-state index is 0.489. The predicted octanol–water partition coefficient (Wildman–Crippen LogP) is 4.28. The zero-order valence-corrected chi connectivity index (χ0v) is 13.9. The van der Waals surface area contributed by atoms with E-state index in [1.54, 1.807) is 11.3 Å². The number of hydrogen-bond acceptors (Lipinski definition) is 5. The summed E-state index contributed by atoms with van der Waals surface area (Å²) in [7, 11) is 0. The van der Waals surface area contributed by atoms with Crippen molar-refractivity contribution in [1.82, 2.24) is 9.97 Å². The molecule has 2 unspecified atom stereocenters. The molecule has 3 N–H and O–H groups in total. The molecule has 1 aliphatic carbocycles. The lowest BCUT2D eigenvalue weighted by atomic mass is 9.80. The Morgan fingerprint density at radius 3 is 2.81 bits per heavy atom. The van der Waals surface area contributed by atoms with Gasteiger partial charge in [-0.2, -0.15) is 0 Å². The molecule has 1 saturated carbocycles. The summed E-state index contributed by atoms with van der Waals surface area (Å²) in [5.41, 5.74) is 4.02. The largest absolute Gasteiger partial charge is 0.308 e. The third-order valence-electron chi connectivity index (χ3n) is 4.91. The molecule has 0 radical (unpaired) electrons. The van der Waals surface area contributed by atoms with Crippen molar-refractivity contribution in [3.8, 4) is 0 Å². The molecule has 0 aliphatic heterocycles. The summed E-state index contributed by atoms with van der Waals surface area (Å²) < 4.78 is 0. The van der Waals surface area contributed by atoms with Gasteiger partial charge in [-0.15, -0.1) is 11.3 Å². The monoisotopic (exact) mass is 304 g/mol. The molecule has 5 heteroatoms. The number of hydrogen-bond donors (Lipinski definition) is 2. The number of aryl methyl sites for hydroxylation is 2. The molecule has 1 aliphatic rings. The van der Waals surface area contributed by atoms with Gasteiger partial charge in [-0.3, -0.25) is 0 Å². The first-order chi connectivity index (χ1) is 10.1. The van der Waals surface area contributed by atoms with Crippen LogP contribution >= 0.6 is 11.3 Å². The van der Waals surface area contributed by atoms with E-state index >= 15 is 0 Å². The molecule has 0 aromatic carbocycles. The van der Waals surface area contributed by atoms with Gasteiger partial charge in [0.15, 0.2) is 5.82 Å². The molecule has 0 bridgehead atoms. The molecule has 0 amide bonds. The van der Waals surface area contributed by atoms with Crippen molar-refractivity contribution in [2.75, 3.05) is 5.43 Å². The second-order valence-corrected chi connectivity index (χ2v) is 7.38. The van der Waals surface area contributed by atoms with Crippen LogP contribution < -0.4 is 11.3 Å². The zero-order valence-electron chi connectivity index (χ0n) is 13.1. The molecule has 21 heavy (non-hydrogen) atoms. The minimum atomic E-state index is 0.489. The number of nitrogens with two attached hydrogens (primary N) is 1. The number of hydrazine groups is 1. The summed E-state index contributed by atoms with van der Waals surface area (Å²) in [6.07, 6.45) is 6.33. The Morgan fingerprint density at radius 2 is 2.10 bits per heavy atom. The Morgan fingerprint density at radius 1 is 1.29 bits per heavy atom. The lowest BCUT2D eigenvalue weighted by Gasteiger charge is -2.27. The van der Waals surface area contributed by atoms with Crippen molar-refractivity contribution in [2.45, 2.75) is 58.8 Å². The first kappa shape index (κ1) is 14.7. The quantitative estimate of drug-likeness (QED) is 0.656. The second kappa shape index (κ2) is 5.89. The SMILES string of the molecule is CCC1CCCC(c2nc(NN)c3c(C)c(C)sc3n2)C1. The van der Waals surface area contributed by atoms with Crippen molar-refractivity contribution in [3.63, 3.8) is 0 Å². The average Bonchev–Trinajstić information content (AvgIpc) is 2.81. The van der Waals surface area contributed by atoms with Crippen LogP contribution in [0.3, 0.4) is 0 Å². The lowest BCUT2D eigenvalue weighted by Crippen LogP contribution is -2.17. The van der Waals surface area contributed by atoms with Crippen molar-refractivity contribution in [3.05, 3.63) is 16.3 Å². The fourth-order valence-electron chi connectivity index (χ4n) is 3.45. The Labute approximate surface area is 130 Å². The van der Waals surface area contributed by atoms with E-state index in [1.807, 2.05) is 0 Å². The Kier molecular flexibility index (Phi) is 4.13. The number of fused-ring (bicyclic) bond motifs is 1. The Hall–Kier alpha value is -1.20. The van der Waals surface area contributed by atoms with E-state index in [1.165, 1.54) is 42.5 Å². The lowest BCUT2D eigenvalue weighted by molar-refractivity contribution is 0.308. The first-order valence-corrected chi connectivity index (χ1v) is 8.69. The van der Waals surface area contributed by atoms with E-state index in [0.717, 1.165) is 27.8 Å². The van der Waals surface area contributed by atoms with Gasteiger partial charge in [-0.1, -0.05) is 26.2 Å². The molecule has 114 valence electrons. The van der Waals surface area contributed by atoms with E-state index in [4.69, 9.17) is 15.8 Å². The van der Waals surface area contributed by atoms with E-state index in [9.17, 15) is 0 Å². The average molecular weight is 304 g/mol. The van der Waals surface area contributed by atoms with Gasteiger partial charge in [0, 0.05) is 10.8 Å². The number of nitrogens with one attached hydrogen (secondary N) is 1. The number of anilines is 1. The highest BCUT2D eigenvalue weighted by Crippen LogP contribution is 2.39. The number of nitrogens with zero attached hydrogens (tertiary/aromatic N) is 2. The summed E-state index contributed by atoms with van der Waals surface area (Å²) in [5.74, 6) is 8.79. The van der Waals surface area contributed by atoms with Gasteiger partial charge in [0.25, 0.3) is 0 Å². The topological polar surface area (TPSA) is 63.8 Å². The Balaban J connectivity index is 2.03. The van der Waals surface area contributed by atoms with Crippen LogP contribution in [-0.2, 0) is 0 Å². The van der Waals surface area contributed by atoms with Crippen LogP contribution in [0.25, 0.3) is 10.2 Å². The molecule has 0 saturated heterocycles. The summed E-state index contributed by atoms with van der Waals surface area (Å²) >= 11 is 1.75. The van der Waals surface area contributed by atoms with Gasteiger partial charge in [-0.05, 0) is 38.2 Å². The van der Waals surface area contributed by atoms with Crippen LogP contribution in [0.2, 0.25) is 0 Å². The number of thiophene rings is 1. The van der Waals surface area contributed by atoms with Gasteiger partial charge >= 0.3 is 0 Å². The van der Waals surface area contributed by atoms with Gasteiger partial charge in [0.2, 0.25) is 0 Å². The fraction of sp³-hybridized carbons (Fsp3) is 0.625. The highest BCUT2D eigenvalue weighted by atomic mass is 32.1.